The van der Waals surface area contributed by atoms with E-state index >= 15 is 0 Å². The van der Waals surface area contributed by atoms with Gasteiger partial charge in [-0.05, 0) is 100 Å². The van der Waals surface area contributed by atoms with Gasteiger partial charge in [-0.3, -0.25) is 0 Å². The van der Waals surface area contributed by atoms with Crippen molar-refractivity contribution >= 4 is 51.4 Å². The Morgan fingerprint density at radius 2 is 1.11 bits per heavy atom. The van der Waals surface area contributed by atoms with Gasteiger partial charge in [-0.2, -0.15) is 0 Å². The Balaban J connectivity index is 0.000000339. The van der Waals surface area contributed by atoms with Crippen LogP contribution in [0.1, 0.15) is 70.2 Å². The Hall–Kier alpha value is -8.68. The van der Waals surface area contributed by atoms with Gasteiger partial charge in [0, 0.05) is 41.8 Å². The quantitative estimate of drug-likeness (QED) is 0.0546. The zero-order valence-corrected chi connectivity index (χ0v) is 40.7. The van der Waals surface area contributed by atoms with E-state index in [0.717, 1.165) is 56.1 Å². The Bertz CT molecular complexity index is 3350. The first-order valence-electron chi connectivity index (χ1n) is 23.7. The normalized spacial score (nSPS) is 11.2. The zero-order valence-electron chi connectivity index (χ0n) is 40.0. The third-order valence-electron chi connectivity index (χ3n) is 12.1. The molecule has 5 heterocycles. The van der Waals surface area contributed by atoms with Gasteiger partial charge in [-0.1, -0.05) is 158 Å². The second-order valence-electron chi connectivity index (χ2n) is 16.6. The number of carbonyl (C=O) groups excluding carboxylic acids is 2. The van der Waals surface area contributed by atoms with E-state index in [0.29, 0.717) is 48.2 Å². The van der Waals surface area contributed by atoms with Crippen LogP contribution < -0.4 is 4.90 Å². The number of rotatable bonds is 15. The van der Waals surface area contributed by atoms with Gasteiger partial charge in [0.2, 0.25) is 0 Å². The lowest BCUT2D eigenvalue weighted by molar-refractivity contribution is 0.0517. The van der Waals surface area contributed by atoms with Gasteiger partial charge >= 0.3 is 11.9 Å². The minimum absolute atomic E-state index is 0.115. The number of aromatic nitrogens is 8. The van der Waals surface area contributed by atoms with E-state index in [1.54, 1.807) is 31.5 Å². The molecule has 0 radical (unpaired) electrons. The molecule has 0 atom stereocenters. The van der Waals surface area contributed by atoms with E-state index < -0.39 is 17.5 Å². The van der Waals surface area contributed by atoms with E-state index in [1.807, 2.05) is 66.2 Å². The van der Waals surface area contributed by atoms with E-state index in [2.05, 4.69) is 141 Å². The summed E-state index contributed by atoms with van der Waals surface area (Å²) in [5.74, 6) is 0.340. The number of benzene rings is 5. The van der Waals surface area contributed by atoms with Crippen LogP contribution in [0.3, 0.4) is 0 Å². The van der Waals surface area contributed by atoms with Crippen molar-refractivity contribution in [3.05, 3.63) is 227 Å². The van der Waals surface area contributed by atoms with Crippen molar-refractivity contribution in [3.8, 4) is 22.5 Å². The summed E-state index contributed by atoms with van der Waals surface area (Å²) in [7, 11) is 0. The molecule has 10 rings (SSSR count). The van der Waals surface area contributed by atoms with Crippen LogP contribution in [0.25, 0.3) is 44.6 Å². The monoisotopic (exact) mass is 971 g/mol. The van der Waals surface area contributed by atoms with Crippen LogP contribution in [0.4, 0.5) is 5.82 Å². The van der Waals surface area contributed by atoms with Gasteiger partial charge in [0.15, 0.2) is 17.1 Å². The molecule has 0 amide bonds. The number of anilines is 1. The number of carbonyl (C=O) groups is 2. The maximum Gasteiger partial charge on any atom is 0.341 e. The molecule has 0 fully saturated rings. The van der Waals surface area contributed by atoms with Crippen LogP contribution in [0, 0.1) is 0 Å². The molecule has 72 heavy (non-hydrogen) atoms. The standard InChI is InChI=1S/C47H41N7O2.C11H9ClN2O2/c1-3-31-53(44-42(46(55)56-4-2)32-36-17-16-30-48-43(36)49-44)33-34-26-28-35(29-27-34)40-24-14-15-25-41(40)45-50-51-52-54(45)47(37-18-8-5-9-19-37,38-20-10-6-11-21-38)39-22-12-7-13-23-39;1-2-16-11(15)8-6-7-4-3-5-13-10(7)14-9(8)12/h5-30,32H,3-4,31,33H2,1-2H3;3-6H,2H2,1H3. The van der Waals surface area contributed by atoms with Crippen LogP contribution in [0.2, 0.25) is 5.15 Å². The maximum atomic E-state index is 13.2. The lowest BCUT2D eigenvalue weighted by Gasteiger charge is -2.36. The molecule has 0 saturated carbocycles. The van der Waals surface area contributed by atoms with Gasteiger partial charge in [0.25, 0.3) is 0 Å². The minimum Gasteiger partial charge on any atom is -0.462 e. The third kappa shape index (κ3) is 10.0. The molecule has 5 aromatic heterocycles. The van der Waals surface area contributed by atoms with E-state index in [1.165, 1.54) is 0 Å². The predicted molar refractivity (Wildman–Crippen MR) is 281 cm³/mol. The molecule has 10 aromatic rings. The number of hydrogen-bond acceptors (Lipinski definition) is 12. The molecule has 0 spiro atoms. The molecule has 0 N–H and O–H groups in total. The van der Waals surface area contributed by atoms with E-state index in [9.17, 15) is 9.59 Å². The fraction of sp³-hybridized carbons (Fsp3) is 0.155. The van der Waals surface area contributed by atoms with Crippen molar-refractivity contribution in [1.82, 2.24) is 40.1 Å². The molecular weight excluding hydrogens is 922 g/mol. The SMILES string of the molecule is CCCN(Cc1ccc(-c2ccccc2-c2nnnn2C(c2ccccc2)(c2ccccc2)c2ccccc2)cc1)c1nc2ncccc2cc1C(=O)OCC.CCOC(=O)c1cc2cccnc2nc1Cl. The first kappa shape index (κ1) is 48.3. The first-order valence-corrected chi connectivity index (χ1v) is 24.1. The number of fused-ring (bicyclic) bond motifs is 2. The highest BCUT2D eigenvalue weighted by molar-refractivity contribution is 6.32. The second kappa shape index (κ2) is 22.4. The lowest BCUT2D eigenvalue weighted by Crippen LogP contribution is -2.39. The molecule has 14 heteroatoms. The second-order valence-corrected chi connectivity index (χ2v) is 17.0. The Kier molecular flexibility index (Phi) is 15.0. The highest BCUT2D eigenvalue weighted by Gasteiger charge is 2.42. The van der Waals surface area contributed by atoms with Gasteiger partial charge in [0.05, 0.1) is 18.8 Å². The summed E-state index contributed by atoms with van der Waals surface area (Å²) in [6, 6.07) is 58.8. The number of nitrogens with zero attached hydrogens (tertiary/aromatic N) is 9. The van der Waals surface area contributed by atoms with Crippen molar-refractivity contribution in [3.63, 3.8) is 0 Å². The number of esters is 2. The van der Waals surface area contributed by atoms with Crippen molar-refractivity contribution in [2.24, 2.45) is 0 Å². The van der Waals surface area contributed by atoms with Crippen LogP contribution in [0.15, 0.2) is 188 Å². The zero-order chi connectivity index (χ0) is 49.9. The number of ether oxygens (including phenoxy) is 2. The molecule has 0 unspecified atom stereocenters. The summed E-state index contributed by atoms with van der Waals surface area (Å²) in [5.41, 5.74) is 8.01. The fourth-order valence-corrected chi connectivity index (χ4v) is 9.10. The Morgan fingerprint density at radius 3 is 1.67 bits per heavy atom. The molecular formula is C58H50ClN9O4. The Labute approximate surface area is 422 Å². The van der Waals surface area contributed by atoms with Crippen LogP contribution >= 0.6 is 11.6 Å². The van der Waals surface area contributed by atoms with Gasteiger partial charge in [-0.15, -0.1) is 5.10 Å². The smallest absolute Gasteiger partial charge is 0.341 e. The molecule has 358 valence electrons. The third-order valence-corrected chi connectivity index (χ3v) is 12.4. The molecule has 0 aliphatic rings. The minimum atomic E-state index is -0.878. The van der Waals surface area contributed by atoms with Crippen molar-refractivity contribution < 1.29 is 19.1 Å². The number of hydrogen-bond donors (Lipinski definition) is 0. The lowest BCUT2D eigenvalue weighted by atomic mass is 9.77. The average molecular weight is 973 g/mol. The Morgan fingerprint density at radius 1 is 0.597 bits per heavy atom. The number of pyridine rings is 4. The molecule has 0 bridgehead atoms. The first-order chi connectivity index (χ1) is 35.3. The molecule has 0 aliphatic carbocycles. The molecule has 13 nitrogen and oxygen atoms in total. The highest BCUT2D eigenvalue weighted by Crippen LogP contribution is 2.43. The largest absolute Gasteiger partial charge is 0.462 e. The number of tetrazole rings is 1. The van der Waals surface area contributed by atoms with E-state index in [4.69, 9.17) is 36.4 Å². The van der Waals surface area contributed by atoms with Gasteiger partial charge < -0.3 is 14.4 Å². The predicted octanol–water partition coefficient (Wildman–Crippen LogP) is 11.8. The summed E-state index contributed by atoms with van der Waals surface area (Å²) < 4.78 is 12.3. The number of halogens is 1. The molecule has 0 aliphatic heterocycles. The van der Waals surface area contributed by atoms with Crippen molar-refractivity contribution in [1.29, 1.82) is 0 Å². The summed E-state index contributed by atoms with van der Waals surface area (Å²) in [5, 5.41) is 15.5. The van der Waals surface area contributed by atoms with Crippen LogP contribution in [-0.4, -0.2) is 71.8 Å². The summed E-state index contributed by atoms with van der Waals surface area (Å²) in [6.07, 6.45) is 4.20. The van der Waals surface area contributed by atoms with Crippen LogP contribution in [-0.2, 0) is 21.6 Å². The van der Waals surface area contributed by atoms with Crippen molar-refractivity contribution in [2.45, 2.75) is 39.3 Å². The van der Waals surface area contributed by atoms with Crippen LogP contribution in [0.5, 0.6) is 0 Å². The maximum absolute atomic E-state index is 13.2. The van der Waals surface area contributed by atoms with Gasteiger partial charge in [-0.25, -0.2) is 34.2 Å². The topological polar surface area (TPSA) is 151 Å². The fourth-order valence-electron chi connectivity index (χ4n) is 8.89. The molecule has 5 aromatic carbocycles. The molecule has 0 saturated heterocycles. The highest BCUT2D eigenvalue weighted by atomic mass is 35.5. The van der Waals surface area contributed by atoms with Gasteiger partial charge in [0.1, 0.15) is 22.1 Å². The summed E-state index contributed by atoms with van der Waals surface area (Å²) in [4.78, 5) is 44.3. The average Bonchev–Trinajstić information content (AvgIpc) is 3.92. The summed E-state index contributed by atoms with van der Waals surface area (Å²) in [6.45, 7) is 7.48. The van der Waals surface area contributed by atoms with E-state index in [-0.39, 0.29) is 17.3 Å². The summed E-state index contributed by atoms with van der Waals surface area (Å²) >= 11 is 5.88. The van der Waals surface area contributed by atoms with Crippen molar-refractivity contribution in [2.75, 3.05) is 24.7 Å².